The van der Waals surface area contributed by atoms with Gasteiger partial charge in [-0.25, -0.2) is 9.97 Å². The van der Waals surface area contributed by atoms with Crippen LogP contribution < -0.4 is 15.1 Å². The molecule has 1 amide bonds. The van der Waals surface area contributed by atoms with Crippen molar-refractivity contribution in [2.75, 3.05) is 35.3 Å². The number of hydrogen-bond donors (Lipinski definition) is 1. The molecular formula is C24H27N5O. The van der Waals surface area contributed by atoms with Crippen LogP contribution in [-0.2, 0) is 11.3 Å². The average molecular weight is 402 g/mol. The van der Waals surface area contributed by atoms with Crippen molar-refractivity contribution in [3.63, 3.8) is 0 Å². The van der Waals surface area contributed by atoms with Crippen molar-refractivity contribution in [2.24, 2.45) is 5.92 Å². The monoisotopic (exact) mass is 401 g/mol. The van der Waals surface area contributed by atoms with Gasteiger partial charge in [0, 0.05) is 39.1 Å². The molecule has 0 radical (unpaired) electrons. The molecule has 1 saturated heterocycles. The molecule has 0 aliphatic carbocycles. The van der Waals surface area contributed by atoms with Gasteiger partial charge in [-0.2, -0.15) is 0 Å². The van der Waals surface area contributed by atoms with Gasteiger partial charge in [0.1, 0.15) is 0 Å². The molecule has 6 nitrogen and oxygen atoms in total. The van der Waals surface area contributed by atoms with Crippen molar-refractivity contribution >= 4 is 23.2 Å². The molecule has 0 spiro atoms. The minimum Gasteiger partial charge on any atom is -0.369 e. The van der Waals surface area contributed by atoms with Crippen LogP contribution in [0.2, 0.25) is 0 Å². The molecule has 1 aliphatic heterocycles. The Bertz CT molecular complexity index is 964. The van der Waals surface area contributed by atoms with Gasteiger partial charge in [-0.3, -0.25) is 4.79 Å². The highest BCUT2D eigenvalue weighted by Gasteiger charge is 2.27. The maximum atomic E-state index is 13.1. The zero-order valence-electron chi connectivity index (χ0n) is 17.2. The number of carbonyl (C=O) groups is 1. The molecule has 1 aromatic heterocycles. The van der Waals surface area contributed by atoms with E-state index in [0.717, 1.165) is 37.3 Å². The molecule has 0 saturated carbocycles. The summed E-state index contributed by atoms with van der Waals surface area (Å²) in [6, 6.07) is 20.1. The summed E-state index contributed by atoms with van der Waals surface area (Å²) in [6.07, 6.45) is 5.30. The predicted molar refractivity (Wildman–Crippen MR) is 121 cm³/mol. The number of para-hydroxylation sites is 2. The molecule has 1 fully saturated rings. The Hall–Kier alpha value is -3.41. The molecule has 1 N–H and O–H groups in total. The van der Waals surface area contributed by atoms with Gasteiger partial charge in [0.25, 0.3) is 0 Å². The highest BCUT2D eigenvalue weighted by Crippen LogP contribution is 2.28. The van der Waals surface area contributed by atoms with Crippen LogP contribution in [0.3, 0.4) is 0 Å². The average Bonchev–Trinajstić information content (AvgIpc) is 2.81. The molecule has 1 aliphatic rings. The fourth-order valence-corrected chi connectivity index (χ4v) is 3.92. The largest absolute Gasteiger partial charge is 0.369 e. The van der Waals surface area contributed by atoms with Gasteiger partial charge in [0.2, 0.25) is 11.9 Å². The maximum Gasteiger partial charge on any atom is 0.229 e. The van der Waals surface area contributed by atoms with Crippen LogP contribution in [0.4, 0.5) is 17.3 Å². The van der Waals surface area contributed by atoms with Crippen LogP contribution in [0.1, 0.15) is 18.4 Å². The van der Waals surface area contributed by atoms with Crippen LogP contribution in [0.25, 0.3) is 0 Å². The second kappa shape index (κ2) is 9.39. The van der Waals surface area contributed by atoms with Crippen molar-refractivity contribution in [1.29, 1.82) is 0 Å². The fraction of sp³-hybridized carbons (Fsp3) is 0.292. The number of nitrogens with zero attached hydrogens (tertiary/aromatic N) is 4. The third kappa shape index (κ3) is 4.76. The number of hydrogen-bond acceptors (Lipinski definition) is 5. The first-order valence-corrected chi connectivity index (χ1v) is 10.4. The Balaban J connectivity index is 1.44. The molecule has 1 unspecified atom stereocenters. The third-order valence-corrected chi connectivity index (χ3v) is 5.46. The van der Waals surface area contributed by atoms with Gasteiger partial charge in [-0.15, -0.1) is 0 Å². The number of piperidine rings is 1. The molecule has 30 heavy (non-hydrogen) atoms. The Morgan fingerprint density at radius 2 is 1.80 bits per heavy atom. The number of amides is 1. The summed E-state index contributed by atoms with van der Waals surface area (Å²) < 4.78 is 0. The van der Waals surface area contributed by atoms with Gasteiger partial charge in [0.05, 0.1) is 17.3 Å². The Labute approximate surface area is 177 Å². The van der Waals surface area contributed by atoms with Gasteiger partial charge in [-0.05, 0) is 36.6 Å². The van der Waals surface area contributed by atoms with Gasteiger partial charge >= 0.3 is 0 Å². The van der Waals surface area contributed by atoms with Crippen LogP contribution in [0.15, 0.2) is 73.1 Å². The van der Waals surface area contributed by atoms with E-state index in [1.165, 1.54) is 5.56 Å². The van der Waals surface area contributed by atoms with Crippen LogP contribution >= 0.6 is 0 Å². The predicted octanol–water partition coefficient (Wildman–Crippen LogP) is 3.97. The summed E-state index contributed by atoms with van der Waals surface area (Å²) in [6.45, 7) is 2.29. The quantitative estimate of drug-likeness (QED) is 0.677. The lowest BCUT2D eigenvalue weighted by Crippen LogP contribution is -2.41. The van der Waals surface area contributed by atoms with Gasteiger partial charge < -0.3 is 15.1 Å². The molecule has 2 aromatic carbocycles. The molecule has 4 rings (SSSR count). The van der Waals surface area contributed by atoms with Crippen molar-refractivity contribution in [1.82, 2.24) is 9.97 Å². The van der Waals surface area contributed by atoms with Crippen LogP contribution in [0.5, 0.6) is 0 Å². The number of aromatic nitrogens is 2. The number of nitrogens with one attached hydrogen (secondary N) is 1. The smallest absolute Gasteiger partial charge is 0.229 e. The lowest BCUT2D eigenvalue weighted by atomic mass is 9.97. The van der Waals surface area contributed by atoms with Crippen LogP contribution in [-0.4, -0.2) is 36.0 Å². The van der Waals surface area contributed by atoms with E-state index >= 15 is 0 Å². The van der Waals surface area contributed by atoms with E-state index in [1.807, 2.05) is 49.5 Å². The molecular weight excluding hydrogens is 374 g/mol. The minimum atomic E-state index is -0.0879. The SMILES string of the molecule is CN(Cc1ccccc1)c1ccccc1NC(=O)C1CCCN(c2ncccn2)C1. The summed E-state index contributed by atoms with van der Waals surface area (Å²) in [5.74, 6) is 0.657. The number of anilines is 3. The zero-order valence-corrected chi connectivity index (χ0v) is 17.2. The summed E-state index contributed by atoms with van der Waals surface area (Å²) in [5.41, 5.74) is 3.08. The molecule has 154 valence electrons. The summed E-state index contributed by atoms with van der Waals surface area (Å²) in [7, 11) is 2.05. The van der Waals surface area contributed by atoms with Gasteiger partial charge in [0.15, 0.2) is 0 Å². The Kier molecular flexibility index (Phi) is 6.23. The first kappa shape index (κ1) is 19.9. The molecule has 0 bridgehead atoms. The topological polar surface area (TPSA) is 61.4 Å². The standard InChI is InChI=1S/C24H27N5O/c1-28(17-19-9-3-2-4-10-19)22-13-6-5-12-21(22)27-23(30)20-11-7-16-29(18-20)24-25-14-8-15-26-24/h2-6,8-10,12-15,20H,7,11,16-18H2,1H3,(H,27,30). The normalized spacial score (nSPS) is 16.2. The van der Waals surface area contributed by atoms with E-state index in [0.29, 0.717) is 12.5 Å². The number of benzene rings is 2. The number of rotatable bonds is 6. The first-order valence-electron chi connectivity index (χ1n) is 10.4. The lowest BCUT2D eigenvalue weighted by molar-refractivity contribution is -0.120. The fourth-order valence-electron chi connectivity index (χ4n) is 3.92. The van der Waals surface area contributed by atoms with E-state index in [1.54, 1.807) is 18.5 Å². The summed E-state index contributed by atoms with van der Waals surface area (Å²) in [4.78, 5) is 26.0. The second-order valence-electron chi connectivity index (χ2n) is 7.68. The van der Waals surface area contributed by atoms with Crippen molar-refractivity contribution in [2.45, 2.75) is 19.4 Å². The minimum absolute atomic E-state index is 0.0520. The first-order chi connectivity index (χ1) is 14.7. The molecule has 6 heteroatoms. The molecule has 2 heterocycles. The van der Waals surface area contributed by atoms with Gasteiger partial charge in [-0.1, -0.05) is 42.5 Å². The zero-order chi connectivity index (χ0) is 20.8. The number of carbonyl (C=O) groups excluding carboxylic acids is 1. The van der Waals surface area contributed by atoms with Crippen LogP contribution in [0, 0.1) is 5.92 Å². The van der Waals surface area contributed by atoms with E-state index in [9.17, 15) is 4.79 Å². The van der Waals surface area contributed by atoms with E-state index < -0.39 is 0 Å². The summed E-state index contributed by atoms with van der Waals surface area (Å²) >= 11 is 0. The van der Waals surface area contributed by atoms with Crippen molar-refractivity contribution < 1.29 is 4.79 Å². The van der Waals surface area contributed by atoms with Crippen molar-refractivity contribution in [3.05, 3.63) is 78.6 Å². The Morgan fingerprint density at radius 1 is 1.07 bits per heavy atom. The van der Waals surface area contributed by atoms with E-state index in [2.05, 4.69) is 37.2 Å². The lowest BCUT2D eigenvalue weighted by Gasteiger charge is -2.32. The summed E-state index contributed by atoms with van der Waals surface area (Å²) in [5, 5.41) is 3.17. The Morgan fingerprint density at radius 3 is 2.60 bits per heavy atom. The van der Waals surface area contributed by atoms with Crippen molar-refractivity contribution in [3.8, 4) is 0 Å². The maximum absolute atomic E-state index is 13.1. The van der Waals surface area contributed by atoms with E-state index in [-0.39, 0.29) is 11.8 Å². The molecule has 1 atom stereocenters. The second-order valence-corrected chi connectivity index (χ2v) is 7.68. The highest BCUT2D eigenvalue weighted by molar-refractivity contribution is 5.96. The molecule has 3 aromatic rings. The van der Waals surface area contributed by atoms with E-state index in [4.69, 9.17) is 0 Å². The third-order valence-electron chi connectivity index (χ3n) is 5.46. The highest BCUT2D eigenvalue weighted by atomic mass is 16.1.